The minimum Gasteiger partial charge on any atom is -0.355 e. The van der Waals surface area contributed by atoms with E-state index in [-0.39, 0.29) is 0 Å². The van der Waals surface area contributed by atoms with Crippen molar-refractivity contribution in [3.05, 3.63) is 22.8 Å². The molecule has 0 radical (unpaired) electrons. The molecule has 2 N–H and O–H groups in total. The summed E-state index contributed by atoms with van der Waals surface area (Å²) in [6, 6.07) is 1.93. The Morgan fingerprint density at radius 3 is 3.00 bits per heavy atom. The van der Waals surface area contributed by atoms with Gasteiger partial charge in [-0.3, -0.25) is 0 Å². The molecular formula is C13H20ClN3. The number of nitrogens with zero attached hydrogens (tertiary/aromatic N) is 2. The first kappa shape index (κ1) is 12.7. The molecule has 1 unspecified atom stereocenters. The lowest BCUT2D eigenvalue weighted by Crippen LogP contribution is -2.25. The van der Waals surface area contributed by atoms with Gasteiger partial charge in [-0.05, 0) is 36.8 Å². The monoisotopic (exact) mass is 253 g/mol. The third kappa shape index (κ3) is 3.11. The van der Waals surface area contributed by atoms with Crippen LogP contribution in [-0.2, 0) is 6.54 Å². The maximum absolute atomic E-state index is 6.27. The van der Waals surface area contributed by atoms with Crippen LogP contribution in [0.2, 0.25) is 5.02 Å². The molecule has 0 aliphatic carbocycles. The molecule has 1 aliphatic heterocycles. The van der Waals surface area contributed by atoms with Crippen molar-refractivity contribution in [1.82, 2.24) is 4.98 Å². The largest absolute Gasteiger partial charge is 0.355 e. The lowest BCUT2D eigenvalue weighted by atomic mass is 10.0. The van der Waals surface area contributed by atoms with E-state index in [0.29, 0.717) is 6.54 Å². The lowest BCUT2D eigenvalue weighted by Gasteiger charge is -2.22. The van der Waals surface area contributed by atoms with E-state index >= 15 is 0 Å². The van der Waals surface area contributed by atoms with Crippen LogP contribution >= 0.6 is 11.6 Å². The van der Waals surface area contributed by atoms with Crippen molar-refractivity contribution in [3.63, 3.8) is 0 Å². The van der Waals surface area contributed by atoms with Gasteiger partial charge in [0.2, 0.25) is 0 Å². The van der Waals surface area contributed by atoms with Gasteiger partial charge in [-0.15, -0.1) is 0 Å². The summed E-state index contributed by atoms with van der Waals surface area (Å²) in [5.74, 6) is 1.72. The Morgan fingerprint density at radius 2 is 2.29 bits per heavy atom. The third-order valence-corrected chi connectivity index (χ3v) is 3.71. The fraction of sp³-hybridized carbons (Fsp3) is 0.615. The number of nitrogens with two attached hydrogens (primary N) is 1. The van der Waals surface area contributed by atoms with Gasteiger partial charge in [-0.2, -0.15) is 0 Å². The highest BCUT2D eigenvalue weighted by Gasteiger charge is 2.17. The Kier molecular flexibility index (Phi) is 4.24. The SMILES string of the molecule is CC1CCCN(c2ncc(CN)cc2Cl)CC1. The number of rotatable bonds is 2. The minimum absolute atomic E-state index is 0.490. The zero-order valence-corrected chi connectivity index (χ0v) is 11.1. The standard InChI is InChI=1S/C13H20ClN3/c1-10-3-2-5-17(6-4-10)13-12(14)7-11(8-15)9-16-13/h7,9-10H,2-6,8,15H2,1H3. The second kappa shape index (κ2) is 5.69. The van der Waals surface area contributed by atoms with Crippen molar-refractivity contribution >= 4 is 17.4 Å². The Labute approximate surface area is 108 Å². The van der Waals surface area contributed by atoms with Crippen molar-refractivity contribution in [2.75, 3.05) is 18.0 Å². The molecular weight excluding hydrogens is 234 g/mol. The quantitative estimate of drug-likeness (QED) is 0.881. The van der Waals surface area contributed by atoms with Crippen LogP contribution in [0.1, 0.15) is 31.7 Å². The number of aromatic nitrogens is 1. The summed E-state index contributed by atoms with van der Waals surface area (Å²) in [5, 5.41) is 0.725. The second-order valence-corrected chi connectivity index (χ2v) is 5.28. The molecule has 0 saturated carbocycles. The topological polar surface area (TPSA) is 42.2 Å². The van der Waals surface area contributed by atoms with Crippen LogP contribution in [0.3, 0.4) is 0 Å². The average Bonchev–Trinajstić information content (AvgIpc) is 2.54. The number of anilines is 1. The Hall–Kier alpha value is -0.800. The summed E-state index contributed by atoms with van der Waals surface area (Å²) in [6.45, 7) is 4.91. The maximum Gasteiger partial charge on any atom is 0.147 e. The fourth-order valence-corrected chi connectivity index (χ4v) is 2.60. The fourth-order valence-electron chi connectivity index (χ4n) is 2.29. The Bertz CT molecular complexity index is 381. The van der Waals surface area contributed by atoms with Gasteiger partial charge in [-0.1, -0.05) is 18.5 Å². The van der Waals surface area contributed by atoms with Gasteiger partial charge in [0.1, 0.15) is 5.82 Å². The normalized spacial score (nSPS) is 21.4. The molecule has 1 fully saturated rings. The van der Waals surface area contributed by atoms with Gasteiger partial charge in [0.25, 0.3) is 0 Å². The molecule has 0 aromatic carbocycles. The van der Waals surface area contributed by atoms with E-state index in [9.17, 15) is 0 Å². The molecule has 1 aromatic heterocycles. The van der Waals surface area contributed by atoms with Crippen LogP contribution in [0.4, 0.5) is 5.82 Å². The smallest absolute Gasteiger partial charge is 0.147 e. The summed E-state index contributed by atoms with van der Waals surface area (Å²) >= 11 is 6.27. The molecule has 17 heavy (non-hydrogen) atoms. The molecule has 0 spiro atoms. The summed E-state index contributed by atoms with van der Waals surface area (Å²) in [5.41, 5.74) is 6.57. The van der Waals surface area contributed by atoms with Crippen LogP contribution < -0.4 is 10.6 Å². The summed E-state index contributed by atoms with van der Waals surface area (Å²) in [4.78, 5) is 6.75. The zero-order valence-electron chi connectivity index (χ0n) is 10.3. The van der Waals surface area contributed by atoms with E-state index in [4.69, 9.17) is 17.3 Å². The van der Waals surface area contributed by atoms with E-state index in [1.54, 1.807) is 0 Å². The van der Waals surface area contributed by atoms with Gasteiger partial charge in [0.15, 0.2) is 0 Å². The highest BCUT2D eigenvalue weighted by atomic mass is 35.5. The first-order valence-electron chi connectivity index (χ1n) is 6.30. The zero-order chi connectivity index (χ0) is 12.3. The second-order valence-electron chi connectivity index (χ2n) is 4.88. The Morgan fingerprint density at radius 1 is 1.47 bits per heavy atom. The average molecular weight is 254 g/mol. The molecule has 1 saturated heterocycles. The third-order valence-electron chi connectivity index (χ3n) is 3.43. The molecule has 3 nitrogen and oxygen atoms in total. The molecule has 1 atom stereocenters. The van der Waals surface area contributed by atoms with Crippen molar-refractivity contribution in [1.29, 1.82) is 0 Å². The number of hydrogen-bond acceptors (Lipinski definition) is 3. The van der Waals surface area contributed by atoms with Crippen LogP contribution in [-0.4, -0.2) is 18.1 Å². The molecule has 0 amide bonds. The summed E-state index contributed by atoms with van der Waals surface area (Å²) < 4.78 is 0. The van der Waals surface area contributed by atoms with Crippen molar-refractivity contribution in [2.45, 2.75) is 32.7 Å². The summed E-state index contributed by atoms with van der Waals surface area (Å²) in [6.07, 6.45) is 5.57. The minimum atomic E-state index is 0.490. The van der Waals surface area contributed by atoms with Crippen molar-refractivity contribution < 1.29 is 0 Å². The van der Waals surface area contributed by atoms with E-state index in [1.807, 2.05) is 12.3 Å². The predicted octanol–water partition coefficient (Wildman–Crippen LogP) is 2.82. The van der Waals surface area contributed by atoms with Gasteiger partial charge in [0.05, 0.1) is 5.02 Å². The molecule has 1 aromatic rings. The number of hydrogen-bond donors (Lipinski definition) is 1. The van der Waals surface area contributed by atoms with Crippen LogP contribution in [0, 0.1) is 5.92 Å². The Balaban J connectivity index is 2.15. The van der Waals surface area contributed by atoms with E-state index < -0.39 is 0 Å². The molecule has 2 heterocycles. The lowest BCUT2D eigenvalue weighted by molar-refractivity contribution is 0.521. The molecule has 94 valence electrons. The molecule has 2 rings (SSSR count). The maximum atomic E-state index is 6.27. The van der Waals surface area contributed by atoms with E-state index in [2.05, 4.69) is 16.8 Å². The van der Waals surface area contributed by atoms with Crippen molar-refractivity contribution in [3.8, 4) is 0 Å². The van der Waals surface area contributed by atoms with E-state index in [0.717, 1.165) is 35.4 Å². The highest BCUT2D eigenvalue weighted by molar-refractivity contribution is 6.33. The van der Waals surface area contributed by atoms with Crippen LogP contribution in [0.15, 0.2) is 12.3 Å². The summed E-state index contributed by atoms with van der Waals surface area (Å²) in [7, 11) is 0. The van der Waals surface area contributed by atoms with Crippen molar-refractivity contribution in [2.24, 2.45) is 11.7 Å². The van der Waals surface area contributed by atoms with Crippen LogP contribution in [0.25, 0.3) is 0 Å². The van der Waals surface area contributed by atoms with Gasteiger partial charge < -0.3 is 10.6 Å². The van der Waals surface area contributed by atoms with Gasteiger partial charge >= 0.3 is 0 Å². The number of halogens is 1. The molecule has 1 aliphatic rings. The molecule has 0 bridgehead atoms. The first-order valence-corrected chi connectivity index (χ1v) is 6.68. The molecule has 4 heteroatoms. The van der Waals surface area contributed by atoms with Gasteiger partial charge in [-0.25, -0.2) is 4.98 Å². The predicted molar refractivity (Wildman–Crippen MR) is 72.4 cm³/mol. The highest BCUT2D eigenvalue weighted by Crippen LogP contribution is 2.27. The van der Waals surface area contributed by atoms with Crippen LogP contribution in [0.5, 0.6) is 0 Å². The first-order chi connectivity index (χ1) is 8.20. The van der Waals surface area contributed by atoms with Gasteiger partial charge in [0, 0.05) is 25.8 Å². The number of pyridine rings is 1. The van der Waals surface area contributed by atoms with E-state index in [1.165, 1.54) is 19.3 Å².